The molecule has 0 aromatic carbocycles. The maximum absolute atomic E-state index is 2.92. The summed E-state index contributed by atoms with van der Waals surface area (Å²) < 4.78 is 0. The van der Waals surface area contributed by atoms with E-state index in [0.717, 1.165) is 0 Å². The molecule has 0 aliphatic rings. The SMILES string of the molecule is [Ag][I].[Ag][I].[Ag][I].[Ag][I].[I-].[K+]. The first-order valence-corrected chi connectivity index (χ1v) is 18.1. The van der Waals surface area contributed by atoms with E-state index in [1.54, 1.807) is 0 Å². The van der Waals surface area contributed by atoms with Crippen LogP contribution in [-0.2, 0) is 69.0 Å². The molecule has 0 rings (SSSR count). The van der Waals surface area contributed by atoms with Crippen molar-refractivity contribution in [2.24, 2.45) is 0 Å². The van der Waals surface area contributed by atoms with Crippen LogP contribution in [0.25, 0.3) is 0 Å². The summed E-state index contributed by atoms with van der Waals surface area (Å²) in [5, 5.41) is 0. The zero-order valence-corrected chi connectivity index (χ0v) is 23.9. The summed E-state index contributed by atoms with van der Waals surface area (Å²) in [6.45, 7) is 0. The van der Waals surface area contributed by atoms with Gasteiger partial charge in [0.2, 0.25) is 0 Å². The van der Waals surface area contributed by atoms with Crippen molar-refractivity contribution in [2.75, 3.05) is 0 Å². The van der Waals surface area contributed by atoms with E-state index in [2.05, 4.69) is 69.0 Å². The molecule has 10 heavy (non-hydrogen) atoms. The van der Waals surface area contributed by atoms with Crippen LogP contribution in [0.1, 0.15) is 0 Å². The van der Waals surface area contributed by atoms with Gasteiger partial charge in [-0.3, -0.25) is 0 Å². The van der Waals surface area contributed by atoms with E-state index in [0.29, 0.717) is 0 Å². The van der Waals surface area contributed by atoms with Crippen molar-refractivity contribution in [1.29, 1.82) is 0 Å². The molecule has 0 nitrogen and oxygen atoms in total. The van der Waals surface area contributed by atoms with E-state index >= 15 is 0 Å². The number of halogens is 5. The fourth-order valence-electron chi connectivity index (χ4n) is 0. The predicted molar refractivity (Wildman–Crippen MR) is 56.1 cm³/mol. The normalized spacial score (nSPS) is 2.80. The van der Waals surface area contributed by atoms with E-state index in [1.165, 1.54) is 0 Å². The number of hydrogen-bond donors (Lipinski definition) is 0. The van der Waals surface area contributed by atoms with Crippen molar-refractivity contribution in [2.45, 2.75) is 0 Å². The van der Waals surface area contributed by atoms with Gasteiger partial charge in [-0.2, -0.15) is 0 Å². The molecule has 0 aliphatic heterocycles. The molecule has 0 aromatic rings. The Morgan fingerprint density at radius 3 is 0.500 bits per heavy atom. The molecule has 10 heteroatoms. The minimum absolute atomic E-state index is 0. The largest absolute Gasteiger partial charge is 1.00 e. The van der Waals surface area contributed by atoms with Crippen molar-refractivity contribution < 1.29 is 144 Å². The second-order valence-electron chi connectivity index (χ2n) is 0. The third kappa shape index (κ3) is 55.5. The average molecular weight is 1110 g/mol. The van der Waals surface area contributed by atoms with Crippen LogP contribution >= 0.6 is 76.1 Å². The van der Waals surface area contributed by atoms with Crippen LogP contribution in [0.4, 0.5) is 0 Å². The Morgan fingerprint density at radius 1 is 0.500 bits per heavy atom. The third-order valence-electron chi connectivity index (χ3n) is 0. The summed E-state index contributed by atoms with van der Waals surface area (Å²) in [6, 6.07) is 0. The van der Waals surface area contributed by atoms with Crippen molar-refractivity contribution >= 4 is 76.1 Å². The zero-order valence-electron chi connectivity index (χ0n) is 4.10. The molecule has 0 bridgehead atoms. The summed E-state index contributed by atoms with van der Waals surface area (Å²) in [5.41, 5.74) is 0. The van der Waals surface area contributed by atoms with Crippen LogP contribution in [0.15, 0.2) is 0 Å². The van der Waals surface area contributed by atoms with Crippen LogP contribution in [-0.4, -0.2) is 0 Å². The molecule has 0 saturated heterocycles. The van der Waals surface area contributed by atoms with Gasteiger partial charge in [0.25, 0.3) is 0 Å². The molecule has 0 amide bonds. The number of rotatable bonds is 0. The van der Waals surface area contributed by atoms with Crippen LogP contribution in [0.5, 0.6) is 0 Å². The molecule has 0 aromatic heterocycles. The maximum Gasteiger partial charge on any atom is 1.00 e. The second-order valence-corrected chi connectivity index (χ2v) is 0. The fourth-order valence-corrected chi connectivity index (χ4v) is 0. The van der Waals surface area contributed by atoms with Gasteiger partial charge in [-0.1, -0.05) is 0 Å². The molecular weight excluding hydrogens is 1110 g/mol. The molecule has 0 heterocycles. The van der Waals surface area contributed by atoms with Gasteiger partial charge in [-0.05, 0) is 0 Å². The fraction of sp³-hybridized carbons (Fsp3) is 0. The van der Waals surface area contributed by atoms with E-state index in [1.807, 2.05) is 76.1 Å². The Kier molecular flexibility index (Phi) is 242. The van der Waals surface area contributed by atoms with Gasteiger partial charge < -0.3 is 24.0 Å². The summed E-state index contributed by atoms with van der Waals surface area (Å²) >= 11 is 19.5. The smallest absolute Gasteiger partial charge is 1.00 e. The molecule has 0 spiro atoms. The van der Waals surface area contributed by atoms with E-state index in [-0.39, 0.29) is 75.4 Å². The van der Waals surface area contributed by atoms with Crippen molar-refractivity contribution in [3.05, 3.63) is 0 Å². The van der Waals surface area contributed by atoms with Gasteiger partial charge in [-0.15, -0.1) is 0 Å². The number of hydrogen-bond acceptors (Lipinski definition) is 0. The summed E-state index contributed by atoms with van der Waals surface area (Å²) in [4.78, 5) is 0. The van der Waals surface area contributed by atoms with Crippen LogP contribution < -0.4 is 75.4 Å². The van der Waals surface area contributed by atoms with E-state index in [4.69, 9.17) is 0 Å². The standard InChI is InChI=1S/4Ag.5HI.K/h;;;;5*1H;/q4*+1;;;;;;+1/p-5. The van der Waals surface area contributed by atoms with Gasteiger partial charge in [0.05, 0.1) is 0 Å². The molecule has 80 valence electrons. The molecule has 0 fully saturated rings. The molecule has 0 radical (unpaired) electrons. The average Bonchev–Trinajstić information content (AvgIpc) is 2.03. The van der Waals surface area contributed by atoms with Crippen molar-refractivity contribution in [3.8, 4) is 0 Å². The second kappa shape index (κ2) is 66.9. The molecule has 0 unspecified atom stereocenters. The molecule has 0 saturated carbocycles. The van der Waals surface area contributed by atoms with Gasteiger partial charge in [0.1, 0.15) is 0 Å². The van der Waals surface area contributed by atoms with Gasteiger partial charge in [0, 0.05) is 0 Å². The Morgan fingerprint density at radius 2 is 0.500 bits per heavy atom. The monoisotopic (exact) mass is 1100 g/mol. The molecule has 0 aliphatic carbocycles. The first kappa shape index (κ1) is 36.2. The van der Waals surface area contributed by atoms with Gasteiger partial charge in [-0.25, -0.2) is 0 Å². The van der Waals surface area contributed by atoms with Crippen molar-refractivity contribution in [1.82, 2.24) is 0 Å². The quantitative estimate of drug-likeness (QED) is 0.187. The molecular formula is Ag4I5K. The predicted octanol–water partition coefficient (Wildman–Crippen LogP) is -2.46. The van der Waals surface area contributed by atoms with Crippen LogP contribution in [0.3, 0.4) is 0 Å². The Hall–Kier alpha value is 8.25. The summed E-state index contributed by atoms with van der Waals surface area (Å²) in [6.07, 6.45) is 0. The first-order chi connectivity index (χ1) is 4.00. The van der Waals surface area contributed by atoms with Crippen LogP contribution in [0.2, 0.25) is 0 Å². The topological polar surface area (TPSA) is 0 Å². The van der Waals surface area contributed by atoms with Gasteiger partial charge in [0.15, 0.2) is 0 Å². The van der Waals surface area contributed by atoms with Gasteiger partial charge >= 0.3 is 196 Å². The minimum Gasteiger partial charge on any atom is -1.00 e. The summed E-state index contributed by atoms with van der Waals surface area (Å²) in [5.74, 6) is 0. The third-order valence-corrected chi connectivity index (χ3v) is 0. The van der Waals surface area contributed by atoms with Crippen molar-refractivity contribution in [3.63, 3.8) is 0 Å². The molecule has 0 N–H and O–H groups in total. The van der Waals surface area contributed by atoms with Crippen LogP contribution in [0, 0.1) is 0 Å². The Bertz CT molecular complexity index is 13.6. The minimum atomic E-state index is 0. The van der Waals surface area contributed by atoms with E-state index in [9.17, 15) is 0 Å². The first-order valence-electron chi connectivity index (χ1n) is 0.456. The zero-order chi connectivity index (χ0) is 8.00. The summed E-state index contributed by atoms with van der Waals surface area (Å²) in [7, 11) is 0. The van der Waals surface area contributed by atoms with E-state index < -0.39 is 0 Å². The Labute approximate surface area is 212 Å². The maximum atomic E-state index is 2.92. The Balaban J connectivity index is -0.00000000500. The molecule has 0 atom stereocenters.